The smallest absolute Gasteiger partial charge is 0.317 e. The number of urea groups is 1. The maximum atomic E-state index is 12.3. The average Bonchev–Trinajstić information content (AvgIpc) is 3.03. The molecule has 2 rings (SSSR count). The lowest BCUT2D eigenvalue weighted by molar-refractivity contribution is -0.142. The van der Waals surface area contributed by atoms with Gasteiger partial charge in [0.05, 0.1) is 5.92 Å². The summed E-state index contributed by atoms with van der Waals surface area (Å²) in [5, 5.41) is 12.1. The van der Waals surface area contributed by atoms with Crippen LogP contribution < -0.4 is 5.32 Å². The maximum Gasteiger partial charge on any atom is 0.317 e. The predicted molar refractivity (Wildman–Crippen MR) is 76.5 cm³/mol. The molecule has 2 unspecified atom stereocenters. The van der Waals surface area contributed by atoms with E-state index in [1.165, 1.54) is 25.7 Å². The van der Waals surface area contributed by atoms with Gasteiger partial charge in [-0.1, -0.05) is 19.8 Å². The lowest BCUT2D eigenvalue weighted by Gasteiger charge is -2.30. The van der Waals surface area contributed by atoms with E-state index in [0.29, 0.717) is 13.0 Å². The zero-order valence-electron chi connectivity index (χ0n) is 12.5. The number of likely N-dealkylation sites (tertiary alicyclic amines) is 1. The van der Waals surface area contributed by atoms with Gasteiger partial charge in [-0.05, 0) is 38.0 Å². The molecule has 2 N–H and O–H groups in total. The van der Waals surface area contributed by atoms with E-state index in [4.69, 9.17) is 5.11 Å². The van der Waals surface area contributed by atoms with Crippen molar-refractivity contribution in [1.29, 1.82) is 0 Å². The van der Waals surface area contributed by atoms with Gasteiger partial charge in [0.25, 0.3) is 0 Å². The molecule has 1 aliphatic heterocycles. The lowest BCUT2D eigenvalue weighted by Crippen LogP contribution is -2.46. The number of hydrogen-bond donors (Lipinski definition) is 2. The van der Waals surface area contributed by atoms with E-state index >= 15 is 0 Å². The van der Waals surface area contributed by atoms with Gasteiger partial charge in [0.2, 0.25) is 0 Å². The van der Waals surface area contributed by atoms with Crippen LogP contribution in [0.3, 0.4) is 0 Å². The first kappa shape index (κ1) is 15.1. The summed E-state index contributed by atoms with van der Waals surface area (Å²) in [6, 6.07) is -0.311. The van der Waals surface area contributed by atoms with Crippen LogP contribution in [0.2, 0.25) is 0 Å². The Morgan fingerprint density at radius 2 is 2.00 bits per heavy atom. The van der Waals surface area contributed by atoms with Gasteiger partial charge >= 0.3 is 12.0 Å². The summed E-state index contributed by atoms with van der Waals surface area (Å²) in [5.74, 6) is -1.22. The topological polar surface area (TPSA) is 69.6 Å². The molecule has 0 aromatic heterocycles. The number of carboxylic acids is 1. The van der Waals surface area contributed by atoms with Crippen LogP contribution in [-0.4, -0.2) is 41.1 Å². The number of nitrogens with one attached hydrogen (secondary N) is 1. The van der Waals surface area contributed by atoms with Crippen molar-refractivity contribution in [3.05, 3.63) is 0 Å². The zero-order valence-corrected chi connectivity index (χ0v) is 12.5. The van der Waals surface area contributed by atoms with Crippen molar-refractivity contribution in [3.8, 4) is 0 Å². The molecule has 2 aliphatic rings. The molecule has 20 heavy (non-hydrogen) atoms. The van der Waals surface area contributed by atoms with Crippen molar-refractivity contribution >= 4 is 12.0 Å². The van der Waals surface area contributed by atoms with E-state index in [1.807, 2.05) is 6.92 Å². The molecule has 0 aromatic carbocycles. The lowest BCUT2D eigenvalue weighted by atomic mass is 9.83. The number of nitrogens with zero attached hydrogens (tertiary/aromatic N) is 1. The highest BCUT2D eigenvalue weighted by molar-refractivity contribution is 5.78. The van der Waals surface area contributed by atoms with Gasteiger partial charge in [-0.25, -0.2) is 4.79 Å². The summed E-state index contributed by atoms with van der Waals surface area (Å²) in [4.78, 5) is 25.0. The van der Waals surface area contributed by atoms with Crippen molar-refractivity contribution in [1.82, 2.24) is 10.2 Å². The van der Waals surface area contributed by atoms with Crippen molar-refractivity contribution in [2.75, 3.05) is 13.1 Å². The first-order valence-corrected chi connectivity index (χ1v) is 7.76. The second kappa shape index (κ2) is 6.02. The first-order valence-electron chi connectivity index (χ1n) is 7.76. The Balaban J connectivity index is 1.88. The van der Waals surface area contributed by atoms with Gasteiger partial charge < -0.3 is 15.3 Å². The standard InChI is InChI=1S/C15H26N2O3/c1-3-15(7-4-5-8-15)10-16-14(20)17-9-6-12(11(17)2)13(18)19/h11-12H,3-10H2,1-2H3,(H,16,20)(H,18,19). The van der Waals surface area contributed by atoms with Gasteiger partial charge in [0, 0.05) is 19.1 Å². The highest BCUT2D eigenvalue weighted by atomic mass is 16.4. The third-order valence-corrected chi connectivity index (χ3v) is 5.36. The number of amides is 2. The van der Waals surface area contributed by atoms with E-state index < -0.39 is 11.9 Å². The molecule has 1 saturated heterocycles. The van der Waals surface area contributed by atoms with Crippen LogP contribution in [0.1, 0.15) is 52.4 Å². The summed E-state index contributed by atoms with van der Waals surface area (Å²) >= 11 is 0. The number of carboxylic acid groups (broad SMARTS) is 1. The molecule has 2 amide bonds. The number of hydrogen-bond acceptors (Lipinski definition) is 2. The zero-order chi connectivity index (χ0) is 14.8. The monoisotopic (exact) mass is 282 g/mol. The normalized spacial score (nSPS) is 28.6. The minimum absolute atomic E-state index is 0.0963. The van der Waals surface area contributed by atoms with E-state index in [9.17, 15) is 9.59 Å². The number of aliphatic carboxylic acids is 1. The largest absolute Gasteiger partial charge is 0.481 e. The Labute approximate surface area is 120 Å². The number of rotatable bonds is 4. The molecule has 2 fully saturated rings. The van der Waals surface area contributed by atoms with Gasteiger partial charge in [0.15, 0.2) is 0 Å². The van der Waals surface area contributed by atoms with Crippen LogP contribution in [0.4, 0.5) is 4.79 Å². The van der Waals surface area contributed by atoms with Gasteiger partial charge in [-0.15, -0.1) is 0 Å². The Hall–Kier alpha value is -1.26. The molecule has 1 heterocycles. The fraction of sp³-hybridized carbons (Fsp3) is 0.867. The second-order valence-corrected chi connectivity index (χ2v) is 6.39. The van der Waals surface area contributed by atoms with Crippen LogP contribution in [0.15, 0.2) is 0 Å². The molecule has 0 bridgehead atoms. The van der Waals surface area contributed by atoms with Gasteiger partial charge in [-0.2, -0.15) is 0 Å². The highest BCUT2D eigenvalue weighted by Gasteiger charge is 2.39. The minimum Gasteiger partial charge on any atom is -0.481 e. The van der Waals surface area contributed by atoms with Gasteiger partial charge in [0.1, 0.15) is 0 Å². The molecule has 114 valence electrons. The summed E-state index contributed by atoms with van der Waals surface area (Å²) in [6.45, 7) is 5.29. The minimum atomic E-state index is -0.798. The molecule has 5 nitrogen and oxygen atoms in total. The molecule has 2 atom stereocenters. The fourth-order valence-electron chi connectivity index (χ4n) is 3.70. The molecule has 1 aliphatic carbocycles. The van der Waals surface area contributed by atoms with Crippen LogP contribution >= 0.6 is 0 Å². The van der Waals surface area contributed by atoms with Crippen molar-refractivity contribution < 1.29 is 14.7 Å². The average molecular weight is 282 g/mol. The van der Waals surface area contributed by atoms with Crippen molar-refractivity contribution in [3.63, 3.8) is 0 Å². The third kappa shape index (κ3) is 2.91. The maximum absolute atomic E-state index is 12.3. The third-order valence-electron chi connectivity index (χ3n) is 5.36. The van der Waals surface area contributed by atoms with E-state index in [-0.39, 0.29) is 17.5 Å². The fourth-order valence-corrected chi connectivity index (χ4v) is 3.70. The van der Waals surface area contributed by atoms with Crippen LogP contribution in [-0.2, 0) is 4.79 Å². The Morgan fingerprint density at radius 3 is 2.50 bits per heavy atom. The van der Waals surface area contributed by atoms with Gasteiger partial charge in [-0.3, -0.25) is 4.79 Å². The quantitative estimate of drug-likeness (QED) is 0.832. The summed E-state index contributed by atoms with van der Waals surface area (Å²) in [6.07, 6.45) is 6.55. The highest BCUT2D eigenvalue weighted by Crippen LogP contribution is 2.40. The number of carbonyl (C=O) groups excluding carboxylic acids is 1. The Morgan fingerprint density at radius 1 is 1.35 bits per heavy atom. The van der Waals surface area contributed by atoms with Crippen LogP contribution in [0, 0.1) is 11.3 Å². The van der Waals surface area contributed by atoms with Crippen LogP contribution in [0.5, 0.6) is 0 Å². The predicted octanol–water partition coefficient (Wildman–Crippen LogP) is 2.46. The molecular weight excluding hydrogens is 256 g/mol. The molecule has 1 saturated carbocycles. The second-order valence-electron chi connectivity index (χ2n) is 6.39. The van der Waals surface area contributed by atoms with E-state index in [0.717, 1.165) is 13.0 Å². The summed E-state index contributed by atoms with van der Waals surface area (Å²) in [5.41, 5.74) is 0.269. The summed E-state index contributed by atoms with van der Waals surface area (Å²) in [7, 11) is 0. The molecule has 0 spiro atoms. The van der Waals surface area contributed by atoms with E-state index in [1.54, 1.807) is 4.90 Å². The first-order chi connectivity index (χ1) is 9.49. The SMILES string of the molecule is CCC1(CNC(=O)N2CCC(C(=O)O)C2C)CCCC1. The molecule has 0 aromatic rings. The summed E-state index contributed by atoms with van der Waals surface area (Å²) < 4.78 is 0. The van der Waals surface area contributed by atoms with Crippen molar-refractivity contribution in [2.45, 2.75) is 58.4 Å². The Bertz CT molecular complexity index is 377. The van der Waals surface area contributed by atoms with Crippen LogP contribution in [0.25, 0.3) is 0 Å². The Kier molecular flexibility index (Phi) is 4.55. The molecular formula is C15H26N2O3. The van der Waals surface area contributed by atoms with E-state index in [2.05, 4.69) is 12.2 Å². The van der Waals surface area contributed by atoms with Crippen molar-refractivity contribution in [2.24, 2.45) is 11.3 Å². The molecule has 5 heteroatoms. The molecule has 0 radical (unpaired) electrons. The number of carbonyl (C=O) groups is 2.